The van der Waals surface area contributed by atoms with Crippen LogP contribution in [-0.4, -0.2) is 34.2 Å². The van der Waals surface area contributed by atoms with Gasteiger partial charge in [-0.3, -0.25) is 19.4 Å². The van der Waals surface area contributed by atoms with Crippen molar-refractivity contribution in [2.75, 3.05) is 11.9 Å². The van der Waals surface area contributed by atoms with Crippen molar-refractivity contribution < 1.29 is 14.4 Å². The number of likely N-dealkylation sites (tertiary alicyclic amines) is 1. The van der Waals surface area contributed by atoms with Crippen LogP contribution >= 0.6 is 11.6 Å². The number of primary amides is 1. The van der Waals surface area contributed by atoms with Crippen molar-refractivity contribution in [1.29, 1.82) is 0 Å². The van der Waals surface area contributed by atoms with Gasteiger partial charge in [0, 0.05) is 17.8 Å². The van der Waals surface area contributed by atoms with Crippen LogP contribution in [0.1, 0.15) is 41.7 Å². The Labute approximate surface area is 167 Å². The van der Waals surface area contributed by atoms with Crippen molar-refractivity contribution in [2.24, 2.45) is 11.7 Å². The minimum atomic E-state index is -0.781. The van der Waals surface area contributed by atoms with Crippen LogP contribution in [0.5, 0.6) is 0 Å². The van der Waals surface area contributed by atoms with E-state index in [0.29, 0.717) is 17.5 Å². The van der Waals surface area contributed by atoms with Crippen LogP contribution in [0, 0.1) is 5.92 Å². The third-order valence-corrected chi connectivity index (χ3v) is 5.06. The van der Waals surface area contributed by atoms with Crippen LogP contribution in [0.15, 0.2) is 42.7 Å². The van der Waals surface area contributed by atoms with Gasteiger partial charge in [-0.05, 0) is 42.5 Å². The largest absolute Gasteiger partial charge is 0.366 e. The van der Waals surface area contributed by atoms with E-state index in [1.165, 1.54) is 18.5 Å². The average molecular weight is 401 g/mol. The Balaban J connectivity index is 1.79. The number of nitrogens with one attached hydrogen (secondary N) is 1. The molecule has 0 aliphatic carbocycles. The second-order valence-electron chi connectivity index (χ2n) is 6.99. The van der Waals surface area contributed by atoms with Gasteiger partial charge in [-0.25, -0.2) is 0 Å². The third kappa shape index (κ3) is 4.48. The fraction of sp³-hybridized carbons (Fsp3) is 0.300. The summed E-state index contributed by atoms with van der Waals surface area (Å²) < 4.78 is 0. The van der Waals surface area contributed by atoms with Gasteiger partial charge in [0.2, 0.25) is 5.91 Å². The molecule has 1 aromatic carbocycles. The lowest BCUT2D eigenvalue weighted by Crippen LogP contribution is -2.46. The van der Waals surface area contributed by atoms with Crippen LogP contribution in [0.4, 0.5) is 5.69 Å². The van der Waals surface area contributed by atoms with Crippen molar-refractivity contribution in [3.63, 3.8) is 0 Å². The summed E-state index contributed by atoms with van der Waals surface area (Å²) in [6.45, 7) is 2.54. The van der Waals surface area contributed by atoms with Gasteiger partial charge in [-0.1, -0.05) is 30.7 Å². The molecule has 1 fully saturated rings. The number of rotatable bonds is 3. The Morgan fingerprint density at radius 2 is 1.89 bits per heavy atom. The number of nitrogens with zero attached hydrogens (tertiary/aromatic N) is 2. The lowest BCUT2D eigenvalue weighted by atomic mass is 9.90. The number of anilines is 1. The molecular weight excluding hydrogens is 380 g/mol. The summed E-state index contributed by atoms with van der Waals surface area (Å²) in [6.07, 6.45) is 4.37. The molecule has 0 unspecified atom stereocenters. The van der Waals surface area contributed by atoms with Crippen molar-refractivity contribution in [2.45, 2.75) is 25.8 Å². The molecule has 1 aliphatic heterocycles. The average Bonchev–Trinajstić information content (AvgIpc) is 2.68. The molecule has 8 heteroatoms. The fourth-order valence-electron chi connectivity index (χ4n) is 3.37. The molecule has 2 heterocycles. The molecule has 3 amide bonds. The molecule has 3 N–H and O–H groups in total. The second-order valence-corrected chi connectivity index (χ2v) is 7.42. The summed E-state index contributed by atoms with van der Waals surface area (Å²) in [5, 5.41) is 3.12. The quantitative estimate of drug-likeness (QED) is 0.772. The number of hydrogen-bond donors (Lipinski definition) is 2. The van der Waals surface area contributed by atoms with E-state index in [1.807, 2.05) is 12.1 Å². The van der Waals surface area contributed by atoms with Gasteiger partial charge >= 0.3 is 11.8 Å². The zero-order chi connectivity index (χ0) is 20.3. The molecule has 1 saturated heterocycles. The van der Waals surface area contributed by atoms with Gasteiger partial charge in [-0.2, -0.15) is 0 Å². The zero-order valence-corrected chi connectivity index (χ0v) is 16.1. The number of hydrogen-bond acceptors (Lipinski definition) is 4. The van der Waals surface area contributed by atoms with E-state index in [4.69, 9.17) is 17.3 Å². The van der Waals surface area contributed by atoms with Gasteiger partial charge in [0.05, 0.1) is 23.5 Å². The number of pyridine rings is 1. The van der Waals surface area contributed by atoms with E-state index >= 15 is 0 Å². The Morgan fingerprint density at radius 1 is 1.18 bits per heavy atom. The van der Waals surface area contributed by atoms with E-state index in [-0.39, 0.29) is 17.3 Å². The lowest BCUT2D eigenvalue weighted by molar-refractivity contribution is -0.146. The zero-order valence-electron chi connectivity index (χ0n) is 15.4. The van der Waals surface area contributed by atoms with Crippen LogP contribution in [0.3, 0.4) is 0 Å². The normalized spacial score (nSPS) is 19.1. The molecular formula is C20H21ClN4O3. The maximum absolute atomic E-state index is 12.9. The first kappa shape index (κ1) is 19.8. The van der Waals surface area contributed by atoms with Gasteiger partial charge in [-0.15, -0.1) is 0 Å². The topological polar surface area (TPSA) is 105 Å². The molecule has 28 heavy (non-hydrogen) atoms. The molecule has 2 aromatic rings. The second kappa shape index (κ2) is 8.39. The van der Waals surface area contributed by atoms with Crippen LogP contribution in [0.25, 0.3) is 0 Å². The summed E-state index contributed by atoms with van der Waals surface area (Å²) in [6, 6.07) is 8.50. The predicted octanol–water partition coefficient (Wildman–Crippen LogP) is 2.77. The first-order valence-corrected chi connectivity index (χ1v) is 9.35. The molecule has 3 rings (SSSR count). The van der Waals surface area contributed by atoms with Crippen molar-refractivity contribution >= 4 is 35.0 Å². The third-order valence-electron chi connectivity index (χ3n) is 4.81. The maximum atomic E-state index is 12.9. The molecule has 146 valence electrons. The van der Waals surface area contributed by atoms with E-state index in [1.54, 1.807) is 17.0 Å². The fourth-order valence-corrected chi connectivity index (χ4v) is 3.49. The summed E-state index contributed by atoms with van der Waals surface area (Å²) in [5.41, 5.74) is 6.55. The smallest absolute Gasteiger partial charge is 0.313 e. The molecule has 0 saturated carbocycles. The van der Waals surface area contributed by atoms with Crippen molar-refractivity contribution in [3.8, 4) is 0 Å². The van der Waals surface area contributed by atoms with Gasteiger partial charge in [0.15, 0.2) is 0 Å². The number of carbonyl (C=O) groups excluding carboxylic acids is 3. The molecule has 7 nitrogen and oxygen atoms in total. The summed E-state index contributed by atoms with van der Waals surface area (Å²) in [7, 11) is 0. The van der Waals surface area contributed by atoms with Crippen molar-refractivity contribution in [1.82, 2.24) is 9.88 Å². The number of carbonyl (C=O) groups is 3. The first-order chi connectivity index (χ1) is 13.3. The highest BCUT2D eigenvalue weighted by atomic mass is 35.5. The number of halogens is 1. The van der Waals surface area contributed by atoms with E-state index in [2.05, 4.69) is 17.2 Å². The predicted molar refractivity (Wildman–Crippen MR) is 106 cm³/mol. The number of benzene rings is 1. The summed E-state index contributed by atoms with van der Waals surface area (Å²) in [4.78, 5) is 42.2. The first-order valence-electron chi connectivity index (χ1n) is 8.97. The Hall–Kier alpha value is -2.93. The molecule has 1 aliphatic rings. The lowest BCUT2D eigenvalue weighted by Gasteiger charge is -2.38. The molecule has 0 spiro atoms. The van der Waals surface area contributed by atoms with E-state index < -0.39 is 17.7 Å². The molecule has 0 radical (unpaired) electrons. The highest BCUT2D eigenvalue weighted by molar-refractivity contribution is 6.39. The molecule has 2 atom stereocenters. The maximum Gasteiger partial charge on any atom is 0.313 e. The van der Waals surface area contributed by atoms with Gasteiger partial charge in [0.25, 0.3) is 0 Å². The minimum absolute atomic E-state index is 0.149. The summed E-state index contributed by atoms with van der Waals surface area (Å²) >= 11 is 5.96. The number of nitrogens with two attached hydrogens (primary N) is 1. The Bertz CT molecular complexity index is 901. The standard InChI is InChI=1S/C20H21ClN4O3/c1-12-2-7-17(13-3-5-15(21)6-4-13)25(11-12)20(28)19(27)24-16-8-14(18(22)26)9-23-10-16/h3-6,8-10,12,17H,2,7,11H2,1H3,(H2,22,26)(H,24,27)/t12-,17+/m0/s1. The number of amides is 3. The van der Waals surface area contributed by atoms with Crippen LogP contribution in [-0.2, 0) is 9.59 Å². The van der Waals surface area contributed by atoms with Gasteiger partial charge < -0.3 is 16.0 Å². The van der Waals surface area contributed by atoms with Crippen molar-refractivity contribution in [3.05, 3.63) is 58.9 Å². The Kier molecular flexibility index (Phi) is 5.94. The highest BCUT2D eigenvalue weighted by Gasteiger charge is 2.34. The monoisotopic (exact) mass is 400 g/mol. The van der Waals surface area contributed by atoms with Gasteiger partial charge in [0.1, 0.15) is 0 Å². The van der Waals surface area contributed by atoms with E-state index in [9.17, 15) is 14.4 Å². The SMILES string of the molecule is C[C@H]1CC[C@H](c2ccc(Cl)cc2)N(C(=O)C(=O)Nc2cncc(C(N)=O)c2)C1. The molecule has 1 aromatic heterocycles. The minimum Gasteiger partial charge on any atom is -0.366 e. The van der Waals surface area contributed by atoms with Crippen LogP contribution < -0.4 is 11.1 Å². The number of piperidine rings is 1. The number of aromatic nitrogens is 1. The van der Waals surface area contributed by atoms with Crippen LogP contribution in [0.2, 0.25) is 5.02 Å². The molecule has 0 bridgehead atoms. The summed E-state index contributed by atoms with van der Waals surface area (Å²) in [5.74, 6) is -1.78. The van der Waals surface area contributed by atoms with E-state index in [0.717, 1.165) is 18.4 Å². The highest BCUT2D eigenvalue weighted by Crippen LogP contribution is 2.34. The Morgan fingerprint density at radius 3 is 2.57 bits per heavy atom.